The highest BCUT2D eigenvalue weighted by atomic mass is 32.2. The van der Waals surface area contributed by atoms with Gasteiger partial charge in [0, 0.05) is 42.1 Å². The van der Waals surface area contributed by atoms with Gasteiger partial charge < -0.3 is 19.7 Å². The highest BCUT2D eigenvalue weighted by Gasteiger charge is 2.16. The lowest BCUT2D eigenvalue weighted by atomic mass is 10.2. The smallest absolute Gasteiger partial charge is 0.263 e. The van der Waals surface area contributed by atoms with Crippen LogP contribution in [0.2, 0.25) is 0 Å². The van der Waals surface area contributed by atoms with Crippen LogP contribution in [0.15, 0.2) is 65.0 Å². The first-order valence-electron chi connectivity index (χ1n) is 9.87. The minimum Gasteiger partial charge on any atom is -0.484 e. The molecule has 0 saturated carbocycles. The molecule has 0 radical (unpaired) electrons. The zero-order valence-electron chi connectivity index (χ0n) is 17.1. The van der Waals surface area contributed by atoms with E-state index in [9.17, 15) is 13.2 Å². The molecule has 168 valence electrons. The van der Waals surface area contributed by atoms with E-state index in [2.05, 4.69) is 19.9 Å². The minimum atomic E-state index is -3.74. The average Bonchev–Trinajstić information content (AvgIpc) is 3.31. The molecule has 3 aromatic rings. The topological polar surface area (TPSA) is 110 Å². The van der Waals surface area contributed by atoms with Crippen LogP contribution >= 0.6 is 11.3 Å². The molecule has 0 atom stereocenters. The summed E-state index contributed by atoms with van der Waals surface area (Å²) >= 11 is 1.19. The number of nitrogens with zero attached hydrogens (tertiary/aromatic N) is 2. The Balaban J connectivity index is 1.31. The molecule has 1 amide bonds. The maximum Gasteiger partial charge on any atom is 0.263 e. The Labute approximate surface area is 190 Å². The van der Waals surface area contributed by atoms with Crippen molar-refractivity contribution in [2.24, 2.45) is 0 Å². The summed E-state index contributed by atoms with van der Waals surface area (Å²) in [7, 11) is -3.74. The third-order valence-electron chi connectivity index (χ3n) is 4.67. The molecule has 32 heavy (non-hydrogen) atoms. The Kier molecular flexibility index (Phi) is 6.88. The molecule has 2 N–H and O–H groups in total. The highest BCUT2D eigenvalue weighted by Crippen LogP contribution is 2.22. The molecule has 1 aliphatic heterocycles. The highest BCUT2D eigenvalue weighted by molar-refractivity contribution is 7.93. The molecule has 1 aliphatic rings. The number of morpholine rings is 1. The minimum absolute atomic E-state index is 0.0712. The Morgan fingerprint density at radius 3 is 2.66 bits per heavy atom. The number of sulfonamides is 1. The maximum atomic E-state index is 12.4. The summed E-state index contributed by atoms with van der Waals surface area (Å²) < 4.78 is 38.1. The van der Waals surface area contributed by atoms with Crippen molar-refractivity contribution in [2.75, 3.05) is 47.8 Å². The van der Waals surface area contributed by atoms with Gasteiger partial charge in [0.05, 0.1) is 18.1 Å². The second-order valence-corrected chi connectivity index (χ2v) is 9.48. The second-order valence-electron chi connectivity index (χ2n) is 6.90. The zero-order chi connectivity index (χ0) is 22.4. The first-order chi connectivity index (χ1) is 15.5. The number of anilines is 3. The predicted octanol–water partition coefficient (Wildman–Crippen LogP) is 2.80. The first kappa shape index (κ1) is 22.1. The number of ether oxygens (including phenoxy) is 2. The van der Waals surface area contributed by atoms with E-state index in [-0.39, 0.29) is 22.5 Å². The number of carbonyl (C=O) groups excluding carboxylic acids is 1. The van der Waals surface area contributed by atoms with Gasteiger partial charge in [-0.1, -0.05) is 6.07 Å². The first-order valence-corrected chi connectivity index (χ1v) is 12.2. The van der Waals surface area contributed by atoms with Gasteiger partial charge in [-0.3, -0.25) is 9.52 Å². The van der Waals surface area contributed by atoms with Gasteiger partial charge in [-0.15, -0.1) is 11.3 Å². The van der Waals surface area contributed by atoms with E-state index in [0.29, 0.717) is 24.7 Å². The van der Waals surface area contributed by atoms with E-state index in [4.69, 9.17) is 9.47 Å². The molecule has 9 nitrogen and oxygen atoms in total. The van der Waals surface area contributed by atoms with Crippen molar-refractivity contribution >= 4 is 43.8 Å². The van der Waals surface area contributed by atoms with Crippen LogP contribution in [0.4, 0.5) is 16.5 Å². The number of amides is 1. The van der Waals surface area contributed by atoms with E-state index >= 15 is 0 Å². The summed E-state index contributed by atoms with van der Waals surface area (Å²) in [5.41, 5.74) is 1.49. The van der Waals surface area contributed by atoms with Crippen molar-refractivity contribution in [3.63, 3.8) is 0 Å². The third kappa shape index (κ3) is 5.75. The largest absolute Gasteiger partial charge is 0.484 e. The van der Waals surface area contributed by atoms with Crippen LogP contribution in [0.1, 0.15) is 0 Å². The predicted molar refractivity (Wildman–Crippen MR) is 123 cm³/mol. The molecule has 11 heteroatoms. The van der Waals surface area contributed by atoms with Gasteiger partial charge in [0.15, 0.2) is 11.7 Å². The molecule has 2 aromatic carbocycles. The number of hydrogen-bond acceptors (Lipinski definition) is 8. The van der Waals surface area contributed by atoms with Crippen molar-refractivity contribution in [3.05, 3.63) is 60.1 Å². The molecule has 0 bridgehead atoms. The molecule has 1 saturated heterocycles. The summed E-state index contributed by atoms with van der Waals surface area (Å²) in [5, 5.41) is 4.67. The van der Waals surface area contributed by atoms with Crippen LogP contribution in [0, 0.1) is 0 Å². The molecule has 1 aromatic heterocycles. The van der Waals surface area contributed by atoms with E-state index in [1.54, 1.807) is 11.4 Å². The molecule has 0 unspecified atom stereocenters. The SMILES string of the molecule is O=C(COc1cccc(N2CCOCC2)c1)Nc1ccc(S(=O)(=O)Nc2nccs2)cc1. The number of aromatic nitrogens is 1. The van der Waals surface area contributed by atoms with Crippen molar-refractivity contribution < 1.29 is 22.7 Å². The summed E-state index contributed by atoms with van der Waals surface area (Å²) in [5.74, 6) is 0.247. The lowest BCUT2D eigenvalue weighted by Gasteiger charge is -2.29. The van der Waals surface area contributed by atoms with Gasteiger partial charge in [0.1, 0.15) is 5.75 Å². The number of carbonyl (C=O) groups is 1. The fourth-order valence-electron chi connectivity index (χ4n) is 3.10. The molecule has 0 aliphatic carbocycles. The number of thiazole rings is 1. The van der Waals surface area contributed by atoms with Crippen molar-refractivity contribution in [1.82, 2.24) is 4.98 Å². The summed E-state index contributed by atoms with van der Waals surface area (Å²) in [4.78, 5) is 18.5. The number of nitrogens with one attached hydrogen (secondary N) is 2. The molecule has 2 heterocycles. The normalized spacial score (nSPS) is 14.1. The van der Waals surface area contributed by atoms with Gasteiger partial charge in [-0.25, -0.2) is 13.4 Å². The molecule has 0 spiro atoms. The Morgan fingerprint density at radius 1 is 1.16 bits per heavy atom. The van der Waals surface area contributed by atoms with Crippen LogP contribution in [0.25, 0.3) is 0 Å². The van der Waals surface area contributed by atoms with Crippen molar-refractivity contribution in [1.29, 1.82) is 0 Å². The zero-order valence-corrected chi connectivity index (χ0v) is 18.7. The van der Waals surface area contributed by atoms with Crippen molar-refractivity contribution in [3.8, 4) is 5.75 Å². The van der Waals surface area contributed by atoms with Gasteiger partial charge in [-0.05, 0) is 36.4 Å². The Morgan fingerprint density at radius 2 is 1.94 bits per heavy atom. The van der Waals surface area contributed by atoms with Crippen LogP contribution in [0.3, 0.4) is 0 Å². The van der Waals surface area contributed by atoms with E-state index < -0.39 is 10.0 Å². The van der Waals surface area contributed by atoms with E-state index in [1.807, 2.05) is 18.2 Å². The summed E-state index contributed by atoms with van der Waals surface area (Å²) in [6.45, 7) is 2.84. The monoisotopic (exact) mass is 474 g/mol. The second kappa shape index (κ2) is 9.98. The van der Waals surface area contributed by atoms with Crippen LogP contribution in [0.5, 0.6) is 5.75 Å². The number of rotatable bonds is 8. The lowest BCUT2D eigenvalue weighted by molar-refractivity contribution is -0.118. The van der Waals surface area contributed by atoms with E-state index in [1.165, 1.54) is 41.8 Å². The van der Waals surface area contributed by atoms with Crippen molar-refractivity contribution in [2.45, 2.75) is 4.90 Å². The fraction of sp³-hybridized carbons (Fsp3) is 0.238. The fourth-order valence-corrected chi connectivity index (χ4v) is 4.89. The van der Waals surface area contributed by atoms with E-state index in [0.717, 1.165) is 18.8 Å². The molecular weight excluding hydrogens is 452 g/mol. The van der Waals surface area contributed by atoms with Crippen LogP contribution in [-0.4, -0.2) is 52.2 Å². The molecule has 4 rings (SSSR count). The Bertz CT molecular complexity index is 1150. The summed E-state index contributed by atoms with van der Waals surface area (Å²) in [6, 6.07) is 13.4. The average molecular weight is 475 g/mol. The standard InChI is InChI=1S/C21H22N4O5S2/c26-20(15-30-18-3-1-2-17(14-18)25-9-11-29-12-10-25)23-16-4-6-19(7-5-16)32(27,28)24-21-22-8-13-31-21/h1-8,13-14H,9-12,15H2,(H,22,24)(H,23,26). The third-order valence-corrected chi connectivity index (χ3v) is 6.84. The Hall–Kier alpha value is -3.15. The van der Waals surface area contributed by atoms with Gasteiger partial charge in [-0.2, -0.15) is 0 Å². The van der Waals surface area contributed by atoms with Crippen LogP contribution in [-0.2, 0) is 19.6 Å². The van der Waals surface area contributed by atoms with Gasteiger partial charge >= 0.3 is 0 Å². The number of hydrogen-bond donors (Lipinski definition) is 2. The lowest BCUT2D eigenvalue weighted by Crippen LogP contribution is -2.36. The quantitative estimate of drug-likeness (QED) is 0.517. The van der Waals surface area contributed by atoms with Gasteiger partial charge in [0.25, 0.3) is 15.9 Å². The molecular formula is C21H22N4O5S2. The summed E-state index contributed by atoms with van der Waals surface area (Å²) in [6.07, 6.45) is 1.52. The number of benzene rings is 2. The molecule has 1 fully saturated rings. The van der Waals surface area contributed by atoms with Gasteiger partial charge in [0.2, 0.25) is 0 Å². The van der Waals surface area contributed by atoms with Crippen LogP contribution < -0.4 is 19.7 Å². The maximum absolute atomic E-state index is 12.4.